The smallest absolute Gasteiger partial charge is 0.262 e. The van der Waals surface area contributed by atoms with Crippen LogP contribution in [-0.4, -0.2) is 17.6 Å². The summed E-state index contributed by atoms with van der Waals surface area (Å²) in [5.74, 6) is 0.585. The summed E-state index contributed by atoms with van der Waals surface area (Å²) in [6.07, 6.45) is 10.8. The predicted octanol–water partition coefficient (Wildman–Crippen LogP) is 4.30. The van der Waals surface area contributed by atoms with Crippen molar-refractivity contribution in [3.8, 4) is 5.75 Å². The molecular formula is C19H21NO3. The van der Waals surface area contributed by atoms with Gasteiger partial charge in [-0.1, -0.05) is 24.3 Å². The average molecular weight is 311 g/mol. The zero-order valence-corrected chi connectivity index (χ0v) is 13.6. The SMILES string of the molecule is C\C=C/C(/C=C/c1cc(C)c2c(c1)NC(=O)CO2)=C\C(C)=C\O. The topological polar surface area (TPSA) is 58.6 Å². The molecule has 120 valence electrons. The number of rotatable bonds is 4. The number of fused-ring (bicyclic) bond motifs is 1. The van der Waals surface area contributed by atoms with E-state index in [2.05, 4.69) is 5.32 Å². The highest BCUT2D eigenvalue weighted by molar-refractivity contribution is 5.96. The number of allylic oxidation sites excluding steroid dienone is 6. The number of hydrogen-bond donors (Lipinski definition) is 2. The van der Waals surface area contributed by atoms with Gasteiger partial charge in [-0.25, -0.2) is 0 Å². The van der Waals surface area contributed by atoms with Crippen molar-refractivity contribution in [2.45, 2.75) is 20.8 Å². The van der Waals surface area contributed by atoms with Crippen molar-refractivity contribution in [1.82, 2.24) is 0 Å². The molecule has 4 heteroatoms. The minimum Gasteiger partial charge on any atom is -0.515 e. The Morgan fingerprint density at radius 3 is 2.83 bits per heavy atom. The number of aliphatic hydroxyl groups excluding tert-OH is 1. The summed E-state index contributed by atoms with van der Waals surface area (Å²) in [5.41, 5.74) is 4.37. The number of carbonyl (C=O) groups excluding carboxylic acids is 1. The van der Waals surface area contributed by atoms with Crippen molar-refractivity contribution < 1.29 is 14.6 Å². The number of carbonyl (C=O) groups is 1. The summed E-state index contributed by atoms with van der Waals surface area (Å²) in [5, 5.41) is 11.8. The lowest BCUT2D eigenvalue weighted by atomic mass is 10.1. The van der Waals surface area contributed by atoms with Crippen molar-refractivity contribution in [2.75, 3.05) is 11.9 Å². The van der Waals surface area contributed by atoms with E-state index in [4.69, 9.17) is 9.84 Å². The molecule has 0 bridgehead atoms. The van der Waals surface area contributed by atoms with Crippen LogP contribution in [0.25, 0.3) is 6.08 Å². The largest absolute Gasteiger partial charge is 0.515 e. The molecule has 1 aliphatic rings. The molecule has 1 heterocycles. The Hall–Kier alpha value is -2.75. The zero-order valence-electron chi connectivity index (χ0n) is 13.6. The first-order valence-corrected chi connectivity index (χ1v) is 7.44. The second-order valence-corrected chi connectivity index (χ2v) is 5.40. The number of ether oxygens (including phenoxy) is 1. The van der Waals surface area contributed by atoms with Crippen LogP contribution in [0.3, 0.4) is 0 Å². The van der Waals surface area contributed by atoms with Crippen molar-refractivity contribution >= 4 is 17.7 Å². The minimum absolute atomic E-state index is 0.0595. The molecule has 2 N–H and O–H groups in total. The lowest BCUT2D eigenvalue weighted by Gasteiger charge is -2.20. The Balaban J connectivity index is 2.32. The maximum absolute atomic E-state index is 11.5. The molecule has 0 unspecified atom stereocenters. The molecule has 4 nitrogen and oxygen atoms in total. The summed E-state index contributed by atoms with van der Waals surface area (Å²) in [6, 6.07) is 3.90. The van der Waals surface area contributed by atoms with Gasteiger partial charge in [-0.3, -0.25) is 4.79 Å². The molecule has 0 saturated heterocycles. The molecule has 0 atom stereocenters. The normalized spacial score (nSPS) is 15.7. The van der Waals surface area contributed by atoms with E-state index >= 15 is 0 Å². The van der Waals surface area contributed by atoms with Crippen LogP contribution < -0.4 is 10.1 Å². The highest BCUT2D eigenvalue weighted by Gasteiger charge is 2.17. The average Bonchev–Trinajstić information content (AvgIpc) is 2.52. The standard InChI is InChI=1S/C19H21NO3/c1-4-5-15(8-13(2)11-21)6-7-16-9-14(3)19-17(10-16)20-18(22)12-23-19/h4-11,21H,12H2,1-3H3,(H,20,22)/b5-4-,7-6+,13-11+,15-8+. The molecule has 0 saturated carbocycles. The van der Waals surface area contributed by atoms with Gasteiger partial charge in [-0.2, -0.15) is 0 Å². The molecule has 1 aromatic rings. The van der Waals surface area contributed by atoms with Gasteiger partial charge in [0.05, 0.1) is 11.9 Å². The first-order chi connectivity index (χ1) is 11.0. The van der Waals surface area contributed by atoms with Crippen molar-refractivity contribution in [3.05, 3.63) is 65.0 Å². The molecule has 1 amide bonds. The Labute approximate surface area is 136 Å². The number of nitrogens with one attached hydrogen (secondary N) is 1. The van der Waals surface area contributed by atoms with Gasteiger partial charge in [-0.05, 0) is 61.3 Å². The van der Waals surface area contributed by atoms with E-state index in [9.17, 15) is 4.79 Å². The lowest BCUT2D eigenvalue weighted by Crippen LogP contribution is -2.25. The van der Waals surface area contributed by atoms with Crippen LogP contribution in [0.1, 0.15) is 25.0 Å². The fraction of sp³-hybridized carbons (Fsp3) is 0.211. The molecule has 0 fully saturated rings. The van der Waals surface area contributed by atoms with E-state index in [1.54, 1.807) is 0 Å². The number of amides is 1. The number of aryl methyl sites for hydroxylation is 1. The second kappa shape index (κ2) is 7.49. The van der Waals surface area contributed by atoms with E-state index in [-0.39, 0.29) is 12.5 Å². The van der Waals surface area contributed by atoms with Gasteiger partial charge in [0.2, 0.25) is 0 Å². The van der Waals surface area contributed by atoms with Gasteiger partial charge in [0.25, 0.3) is 5.91 Å². The third-order valence-electron chi connectivity index (χ3n) is 3.34. The summed E-state index contributed by atoms with van der Waals surface area (Å²) >= 11 is 0. The molecule has 1 aromatic carbocycles. The Bertz CT molecular complexity index is 724. The van der Waals surface area contributed by atoms with Crippen LogP contribution >= 0.6 is 0 Å². The van der Waals surface area contributed by atoms with Gasteiger partial charge in [0.1, 0.15) is 5.75 Å². The van der Waals surface area contributed by atoms with Gasteiger partial charge < -0.3 is 15.2 Å². The van der Waals surface area contributed by atoms with Gasteiger partial charge in [0.15, 0.2) is 6.61 Å². The molecule has 2 rings (SSSR count). The first-order valence-electron chi connectivity index (χ1n) is 7.44. The van der Waals surface area contributed by atoms with Crippen LogP contribution in [-0.2, 0) is 4.79 Å². The fourth-order valence-electron chi connectivity index (χ4n) is 2.34. The summed E-state index contributed by atoms with van der Waals surface area (Å²) in [4.78, 5) is 11.5. The van der Waals surface area contributed by atoms with Crippen LogP contribution in [0.2, 0.25) is 0 Å². The number of anilines is 1. The molecular weight excluding hydrogens is 290 g/mol. The van der Waals surface area contributed by atoms with Crippen LogP contribution in [0.15, 0.2) is 53.8 Å². The van der Waals surface area contributed by atoms with Crippen LogP contribution in [0.4, 0.5) is 5.69 Å². The Morgan fingerprint density at radius 2 is 2.13 bits per heavy atom. The maximum atomic E-state index is 11.5. The van der Waals surface area contributed by atoms with E-state index in [1.807, 2.05) is 63.3 Å². The third kappa shape index (κ3) is 4.36. The van der Waals surface area contributed by atoms with Gasteiger partial charge in [0, 0.05) is 0 Å². The van der Waals surface area contributed by atoms with Crippen molar-refractivity contribution in [3.63, 3.8) is 0 Å². The molecule has 0 spiro atoms. The highest BCUT2D eigenvalue weighted by Crippen LogP contribution is 2.33. The van der Waals surface area contributed by atoms with Crippen molar-refractivity contribution in [2.24, 2.45) is 0 Å². The number of hydrogen-bond acceptors (Lipinski definition) is 3. The Morgan fingerprint density at radius 1 is 1.35 bits per heavy atom. The molecule has 1 aliphatic heterocycles. The fourth-order valence-corrected chi connectivity index (χ4v) is 2.34. The monoisotopic (exact) mass is 311 g/mol. The van der Waals surface area contributed by atoms with E-state index < -0.39 is 0 Å². The van der Waals surface area contributed by atoms with Gasteiger partial charge >= 0.3 is 0 Å². The molecule has 0 radical (unpaired) electrons. The number of benzene rings is 1. The van der Waals surface area contributed by atoms with Crippen LogP contribution in [0.5, 0.6) is 5.75 Å². The summed E-state index contributed by atoms with van der Waals surface area (Å²) in [6.45, 7) is 5.78. The van der Waals surface area contributed by atoms with E-state index in [1.165, 1.54) is 0 Å². The molecule has 0 aromatic heterocycles. The summed E-state index contributed by atoms with van der Waals surface area (Å²) in [7, 11) is 0. The maximum Gasteiger partial charge on any atom is 0.262 e. The van der Waals surface area contributed by atoms with Gasteiger partial charge in [-0.15, -0.1) is 0 Å². The lowest BCUT2D eigenvalue weighted by molar-refractivity contribution is -0.118. The Kier molecular flexibility index (Phi) is 5.41. The van der Waals surface area contributed by atoms with Crippen molar-refractivity contribution in [1.29, 1.82) is 0 Å². The van der Waals surface area contributed by atoms with Crippen LogP contribution in [0, 0.1) is 6.92 Å². The number of aliphatic hydroxyl groups is 1. The minimum atomic E-state index is -0.142. The second-order valence-electron chi connectivity index (χ2n) is 5.40. The van der Waals surface area contributed by atoms with E-state index in [0.717, 1.165) is 34.3 Å². The highest BCUT2D eigenvalue weighted by atomic mass is 16.5. The predicted molar refractivity (Wildman–Crippen MR) is 93.6 cm³/mol. The summed E-state index contributed by atoms with van der Waals surface area (Å²) < 4.78 is 5.46. The molecule has 23 heavy (non-hydrogen) atoms. The quantitative estimate of drug-likeness (QED) is 0.643. The molecule has 0 aliphatic carbocycles. The zero-order chi connectivity index (χ0) is 16.8. The first kappa shape index (κ1) is 16.6. The third-order valence-corrected chi connectivity index (χ3v) is 3.34. The van der Waals surface area contributed by atoms with E-state index in [0.29, 0.717) is 5.69 Å².